The number of anilines is 1. The molecule has 0 unspecified atom stereocenters. The van der Waals surface area contributed by atoms with Gasteiger partial charge in [-0.05, 0) is 32.9 Å². The van der Waals surface area contributed by atoms with Gasteiger partial charge in [-0.15, -0.1) is 0 Å². The van der Waals surface area contributed by atoms with Crippen LogP contribution in [0.15, 0.2) is 12.1 Å². The molecule has 20 heavy (non-hydrogen) atoms. The second-order valence-corrected chi connectivity index (χ2v) is 5.06. The van der Waals surface area contributed by atoms with Crippen molar-refractivity contribution in [3.05, 3.63) is 28.8 Å². The zero-order valence-electron chi connectivity index (χ0n) is 11.3. The monoisotopic (exact) mass is 281 g/mol. The molecule has 7 nitrogen and oxygen atoms in total. The highest BCUT2D eigenvalue weighted by Crippen LogP contribution is 2.24. The minimum absolute atomic E-state index is 0.282. The maximum atomic E-state index is 11.9. The number of rotatable bonds is 3. The lowest BCUT2D eigenvalue weighted by atomic mass is 10.0. The average molecular weight is 281 g/mol. The summed E-state index contributed by atoms with van der Waals surface area (Å²) in [6.07, 6.45) is 0. The van der Waals surface area contributed by atoms with Crippen LogP contribution in [-0.4, -0.2) is 33.7 Å². The number of carbonyl (C=O) groups excluding carboxylic acids is 1. The molecule has 0 aromatic heterocycles. The Morgan fingerprint density at radius 1 is 1.05 bits per heavy atom. The van der Waals surface area contributed by atoms with E-state index in [1.165, 1.54) is 0 Å². The van der Waals surface area contributed by atoms with Crippen molar-refractivity contribution in [1.29, 1.82) is 0 Å². The van der Waals surface area contributed by atoms with Gasteiger partial charge in [0.15, 0.2) is 0 Å². The smallest absolute Gasteiger partial charge is 0.339 e. The van der Waals surface area contributed by atoms with E-state index in [2.05, 4.69) is 0 Å². The van der Waals surface area contributed by atoms with E-state index in [-0.39, 0.29) is 11.1 Å². The third-order valence-corrected chi connectivity index (χ3v) is 2.31. The molecular weight excluding hydrogens is 266 g/mol. The summed E-state index contributed by atoms with van der Waals surface area (Å²) in [6, 6.07) is 2.15. The molecule has 0 aliphatic heterocycles. The molecule has 1 aromatic rings. The maximum Gasteiger partial charge on any atom is 0.339 e. The third-order valence-electron chi connectivity index (χ3n) is 2.31. The number of ether oxygens (including phenoxy) is 1. The van der Waals surface area contributed by atoms with Gasteiger partial charge >= 0.3 is 17.9 Å². The number of aromatic carboxylic acids is 2. The Morgan fingerprint density at radius 2 is 1.55 bits per heavy atom. The molecule has 0 saturated carbocycles. The first-order valence-corrected chi connectivity index (χ1v) is 5.67. The fourth-order valence-electron chi connectivity index (χ4n) is 1.54. The minimum atomic E-state index is -1.49. The highest BCUT2D eigenvalue weighted by atomic mass is 16.6. The zero-order chi connectivity index (χ0) is 15.7. The highest BCUT2D eigenvalue weighted by molar-refractivity contribution is 6.10. The molecule has 0 radical (unpaired) electrons. The van der Waals surface area contributed by atoms with Gasteiger partial charge < -0.3 is 20.7 Å². The summed E-state index contributed by atoms with van der Waals surface area (Å²) in [5.74, 6) is -3.74. The fraction of sp³-hybridized carbons (Fsp3) is 0.308. The van der Waals surface area contributed by atoms with Gasteiger partial charge in [-0.2, -0.15) is 0 Å². The lowest BCUT2D eigenvalue weighted by Crippen LogP contribution is -2.26. The summed E-state index contributed by atoms with van der Waals surface area (Å²) >= 11 is 0. The molecule has 0 heterocycles. The SMILES string of the molecule is CC(C)(C)OC(=O)c1ccc(C(=O)O)c(N)c1C(=O)O. The van der Waals surface area contributed by atoms with Crippen LogP contribution < -0.4 is 5.73 Å². The average Bonchev–Trinajstić information content (AvgIpc) is 2.24. The Labute approximate surface area is 115 Å². The quantitative estimate of drug-likeness (QED) is 0.567. The molecule has 1 rings (SSSR count). The summed E-state index contributed by atoms with van der Waals surface area (Å²) in [5, 5.41) is 18.0. The number of carboxylic acids is 2. The Hall–Kier alpha value is -2.57. The van der Waals surface area contributed by atoms with E-state index >= 15 is 0 Å². The van der Waals surface area contributed by atoms with E-state index in [1.54, 1.807) is 20.8 Å². The number of benzene rings is 1. The lowest BCUT2D eigenvalue weighted by molar-refractivity contribution is 0.00655. The van der Waals surface area contributed by atoms with Crippen molar-refractivity contribution in [2.75, 3.05) is 5.73 Å². The molecule has 7 heteroatoms. The minimum Gasteiger partial charge on any atom is -0.478 e. The Bertz CT molecular complexity index is 585. The normalized spacial score (nSPS) is 10.9. The van der Waals surface area contributed by atoms with Crippen LogP contribution in [0.4, 0.5) is 5.69 Å². The van der Waals surface area contributed by atoms with Crippen molar-refractivity contribution in [1.82, 2.24) is 0 Å². The van der Waals surface area contributed by atoms with E-state index in [1.807, 2.05) is 0 Å². The number of carbonyl (C=O) groups is 3. The standard InChI is InChI=1S/C13H15NO6/c1-13(2,3)20-12(19)6-4-5-7(10(15)16)9(14)8(6)11(17)18/h4-5H,14H2,1-3H3,(H,15,16)(H,17,18). The van der Waals surface area contributed by atoms with Gasteiger partial charge in [0.1, 0.15) is 5.60 Å². The van der Waals surface area contributed by atoms with Crippen molar-refractivity contribution in [2.24, 2.45) is 0 Å². The number of nitrogen functional groups attached to an aromatic ring is 1. The van der Waals surface area contributed by atoms with Crippen molar-refractivity contribution < 1.29 is 29.3 Å². The van der Waals surface area contributed by atoms with E-state index in [4.69, 9.17) is 20.7 Å². The first kappa shape index (κ1) is 15.5. The third kappa shape index (κ3) is 3.25. The van der Waals surface area contributed by atoms with Crippen molar-refractivity contribution in [2.45, 2.75) is 26.4 Å². The molecule has 4 N–H and O–H groups in total. The van der Waals surface area contributed by atoms with E-state index in [0.717, 1.165) is 12.1 Å². The van der Waals surface area contributed by atoms with E-state index in [9.17, 15) is 14.4 Å². The summed E-state index contributed by atoms with van der Waals surface area (Å²) in [5.41, 5.74) is 2.99. The summed E-state index contributed by atoms with van der Waals surface area (Å²) in [4.78, 5) is 34.1. The first-order valence-electron chi connectivity index (χ1n) is 5.67. The number of carboxylic acid groups (broad SMARTS) is 2. The molecule has 0 spiro atoms. The molecule has 0 atom stereocenters. The molecule has 108 valence electrons. The van der Waals surface area contributed by atoms with E-state index in [0.29, 0.717) is 0 Å². The van der Waals surface area contributed by atoms with Crippen LogP contribution in [0.5, 0.6) is 0 Å². The van der Waals surface area contributed by atoms with Gasteiger partial charge in [0.05, 0.1) is 22.4 Å². The van der Waals surface area contributed by atoms with Crippen LogP contribution in [0.3, 0.4) is 0 Å². The molecule has 0 aliphatic rings. The number of hydrogen-bond acceptors (Lipinski definition) is 5. The fourth-order valence-corrected chi connectivity index (χ4v) is 1.54. The topological polar surface area (TPSA) is 127 Å². The van der Waals surface area contributed by atoms with Crippen LogP contribution in [0.2, 0.25) is 0 Å². The summed E-state index contributed by atoms with van der Waals surface area (Å²) in [7, 11) is 0. The van der Waals surface area contributed by atoms with E-state index < -0.39 is 34.8 Å². The van der Waals surface area contributed by atoms with Crippen LogP contribution >= 0.6 is 0 Å². The lowest BCUT2D eigenvalue weighted by Gasteiger charge is -2.20. The molecular formula is C13H15NO6. The Morgan fingerprint density at radius 3 is 1.95 bits per heavy atom. The van der Waals surface area contributed by atoms with Gasteiger partial charge in [0.25, 0.3) is 0 Å². The Balaban J connectivity index is 3.42. The van der Waals surface area contributed by atoms with Gasteiger partial charge in [0.2, 0.25) is 0 Å². The number of nitrogens with two attached hydrogens (primary N) is 1. The van der Waals surface area contributed by atoms with Crippen LogP contribution in [0.1, 0.15) is 51.8 Å². The highest BCUT2D eigenvalue weighted by Gasteiger charge is 2.27. The largest absolute Gasteiger partial charge is 0.478 e. The van der Waals surface area contributed by atoms with Crippen LogP contribution in [0, 0.1) is 0 Å². The molecule has 0 amide bonds. The summed E-state index contributed by atoms with van der Waals surface area (Å²) < 4.78 is 5.06. The summed E-state index contributed by atoms with van der Waals surface area (Å²) in [6.45, 7) is 4.88. The molecule has 0 bridgehead atoms. The van der Waals surface area contributed by atoms with Gasteiger partial charge in [0, 0.05) is 0 Å². The first-order chi connectivity index (χ1) is 9.04. The molecule has 0 aliphatic carbocycles. The van der Waals surface area contributed by atoms with Crippen LogP contribution in [-0.2, 0) is 4.74 Å². The van der Waals surface area contributed by atoms with Crippen molar-refractivity contribution in [3.8, 4) is 0 Å². The number of hydrogen-bond donors (Lipinski definition) is 3. The number of esters is 1. The molecule has 0 saturated heterocycles. The molecule has 1 aromatic carbocycles. The van der Waals surface area contributed by atoms with Crippen molar-refractivity contribution >= 4 is 23.6 Å². The zero-order valence-corrected chi connectivity index (χ0v) is 11.3. The second-order valence-electron chi connectivity index (χ2n) is 5.06. The predicted octanol–water partition coefficient (Wildman–Crippen LogP) is 1.62. The van der Waals surface area contributed by atoms with Gasteiger partial charge in [-0.3, -0.25) is 0 Å². The maximum absolute atomic E-state index is 11.9. The predicted molar refractivity (Wildman–Crippen MR) is 69.9 cm³/mol. The van der Waals surface area contributed by atoms with Crippen molar-refractivity contribution in [3.63, 3.8) is 0 Å². The Kier molecular flexibility index (Phi) is 4.03. The second kappa shape index (κ2) is 5.20. The van der Waals surface area contributed by atoms with Crippen LogP contribution in [0.25, 0.3) is 0 Å². The van der Waals surface area contributed by atoms with Gasteiger partial charge in [-0.25, -0.2) is 14.4 Å². The molecule has 0 fully saturated rings. The van der Waals surface area contributed by atoms with Gasteiger partial charge in [-0.1, -0.05) is 0 Å².